The Morgan fingerprint density at radius 2 is 2.28 bits per heavy atom. The first-order valence-corrected chi connectivity index (χ1v) is 8.14. The van der Waals surface area contributed by atoms with E-state index in [9.17, 15) is 9.90 Å². The Morgan fingerprint density at radius 1 is 1.50 bits per heavy atom. The van der Waals surface area contributed by atoms with Gasteiger partial charge in [-0.25, -0.2) is 0 Å². The van der Waals surface area contributed by atoms with Crippen molar-refractivity contribution in [1.82, 2.24) is 5.32 Å². The van der Waals surface area contributed by atoms with Crippen LogP contribution >= 0.6 is 23.1 Å². The van der Waals surface area contributed by atoms with Crippen LogP contribution in [0.4, 0.5) is 0 Å². The van der Waals surface area contributed by atoms with Crippen LogP contribution in [0.2, 0.25) is 0 Å². The summed E-state index contributed by atoms with van der Waals surface area (Å²) in [5, 5.41) is 14.4. The van der Waals surface area contributed by atoms with Crippen LogP contribution in [-0.2, 0) is 4.79 Å². The summed E-state index contributed by atoms with van der Waals surface area (Å²) in [5.41, 5.74) is -0.0523. The third kappa shape index (κ3) is 3.73. The van der Waals surface area contributed by atoms with Gasteiger partial charge in [0, 0.05) is 12.0 Å². The van der Waals surface area contributed by atoms with Gasteiger partial charge in [-0.1, -0.05) is 18.9 Å². The second-order valence-corrected chi connectivity index (χ2v) is 7.09. The van der Waals surface area contributed by atoms with E-state index in [1.165, 1.54) is 17.1 Å². The number of thioether (sulfide) groups is 1. The standard InChI is InChI=1S/C13H19NO2S2/c15-10-13(5-1-2-6-13)9-14-11(16)8-18-12-4-3-7-17-12/h3-4,7,15H,1-2,5-6,8-10H2,(H,14,16). The molecule has 1 aliphatic rings. The number of carbonyl (C=O) groups is 1. The fraction of sp³-hybridized carbons (Fsp3) is 0.615. The molecule has 100 valence electrons. The predicted octanol–water partition coefficient (Wildman–Crippen LogP) is 2.51. The molecule has 2 rings (SSSR count). The molecule has 5 heteroatoms. The maximum absolute atomic E-state index is 11.7. The van der Waals surface area contributed by atoms with Crippen molar-refractivity contribution in [2.75, 3.05) is 18.9 Å². The Morgan fingerprint density at radius 3 is 2.89 bits per heavy atom. The Balaban J connectivity index is 1.71. The van der Waals surface area contributed by atoms with E-state index in [0.29, 0.717) is 12.3 Å². The molecule has 0 bridgehead atoms. The van der Waals surface area contributed by atoms with Crippen LogP contribution < -0.4 is 5.32 Å². The molecule has 1 aliphatic carbocycles. The molecule has 0 aromatic carbocycles. The second kappa shape index (κ2) is 6.59. The summed E-state index contributed by atoms with van der Waals surface area (Å²) in [6.45, 7) is 0.804. The first-order valence-electron chi connectivity index (χ1n) is 6.28. The second-order valence-electron chi connectivity index (χ2n) is 4.86. The molecule has 0 saturated heterocycles. The van der Waals surface area contributed by atoms with Gasteiger partial charge in [0.15, 0.2) is 0 Å². The molecule has 0 radical (unpaired) electrons. The summed E-state index contributed by atoms with van der Waals surface area (Å²) < 4.78 is 1.17. The van der Waals surface area contributed by atoms with Crippen LogP contribution in [0, 0.1) is 5.41 Å². The van der Waals surface area contributed by atoms with Crippen molar-refractivity contribution in [3.63, 3.8) is 0 Å². The lowest BCUT2D eigenvalue weighted by Crippen LogP contribution is -2.39. The van der Waals surface area contributed by atoms with E-state index in [0.717, 1.165) is 12.8 Å². The number of thiophene rings is 1. The van der Waals surface area contributed by atoms with E-state index in [1.807, 2.05) is 17.5 Å². The van der Waals surface area contributed by atoms with Crippen LogP contribution in [-0.4, -0.2) is 29.9 Å². The lowest BCUT2D eigenvalue weighted by atomic mass is 9.87. The van der Waals surface area contributed by atoms with Crippen molar-refractivity contribution in [2.24, 2.45) is 5.41 Å². The highest BCUT2D eigenvalue weighted by Crippen LogP contribution is 2.36. The third-order valence-corrected chi connectivity index (χ3v) is 5.63. The van der Waals surface area contributed by atoms with Crippen LogP contribution in [0.5, 0.6) is 0 Å². The number of aliphatic hydroxyl groups excluding tert-OH is 1. The van der Waals surface area contributed by atoms with Crippen molar-refractivity contribution >= 4 is 29.0 Å². The Labute approximate surface area is 116 Å². The predicted molar refractivity (Wildman–Crippen MR) is 76.0 cm³/mol. The molecule has 1 saturated carbocycles. The highest BCUT2D eigenvalue weighted by molar-refractivity contribution is 8.01. The van der Waals surface area contributed by atoms with Crippen LogP contribution in [0.3, 0.4) is 0 Å². The number of amides is 1. The van der Waals surface area contributed by atoms with E-state index < -0.39 is 0 Å². The van der Waals surface area contributed by atoms with Gasteiger partial charge in [0.05, 0.1) is 16.6 Å². The van der Waals surface area contributed by atoms with Crippen molar-refractivity contribution in [3.8, 4) is 0 Å². The van der Waals surface area contributed by atoms with Crippen molar-refractivity contribution < 1.29 is 9.90 Å². The molecule has 1 heterocycles. The third-order valence-electron chi connectivity index (χ3n) is 3.50. The quantitative estimate of drug-likeness (QED) is 0.790. The summed E-state index contributed by atoms with van der Waals surface area (Å²) in [5.74, 6) is 0.523. The van der Waals surface area contributed by atoms with E-state index in [2.05, 4.69) is 5.32 Å². The lowest BCUT2D eigenvalue weighted by molar-refractivity contribution is -0.119. The van der Waals surface area contributed by atoms with Gasteiger partial charge in [-0.05, 0) is 24.3 Å². The highest BCUT2D eigenvalue weighted by Gasteiger charge is 2.33. The molecule has 0 atom stereocenters. The van der Waals surface area contributed by atoms with E-state index in [-0.39, 0.29) is 17.9 Å². The van der Waals surface area contributed by atoms with Gasteiger partial charge in [0.1, 0.15) is 0 Å². The van der Waals surface area contributed by atoms with Crippen molar-refractivity contribution in [1.29, 1.82) is 0 Å². The molecule has 3 nitrogen and oxygen atoms in total. The van der Waals surface area contributed by atoms with Gasteiger partial charge in [0.2, 0.25) is 5.91 Å². The van der Waals surface area contributed by atoms with Crippen LogP contribution in [0.25, 0.3) is 0 Å². The molecule has 0 unspecified atom stereocenters. The minimum atomic E-state index is -0.0523. The zero-order valence-corrected chi connectivity index (χ0v) is 12.0. The maximum atomic E-state index is 11.7. The number of rotatable bonds is 6. The maximum Gasteiger partial charge on any atom is 0.230 e. The molecule has 1 amide bonds. The van der Waals surface area contributed by atoms with Crippen molar-refractivity contribution in [3.05, 3.63) is 17.5 Å². The lowest BCUT2D eigenvalue weighted by Gasteiger charge is -2.26. The first-order chi connectivity index (χ1) is 8.74. The number of carbonyl (C=O) groups excluding carboxylic acids is 1. The average Bonchev–Trinajstić information content (AvgIpc) is 3.06. The highest BCUT2D eigenvalue weighted by atomic mass is 32.2. The molecular weight excluding hydrogens is 266 g/mol. The first kappa shape index (κ1) is 13.9. The average molecular weight is 285 g/mol. The smallest absolute Gasteiger partial charge is 0.230 e. The Bertz CT molecular complexity index is 372. The molecule has 1 aromatic rings. The number of aliphatic hydroxyl groups is 1. The van der Waals surface area contributed by atoms with Gasteiger partial charge in [0.25, 0.3) is 0 Å². The Kier molecular flexibility index (Phi) is 5.09. The molecule has 1 aromatic heterocycles. The van der Waals surface area contributed by atoms with Crippen molar-refractivity contribution in [2.45, 2.75) is 29.9 Å². The number of nitrogens with one attached hydrogen (secondary N) is 1. The minimum absolute atomic E-state index is 0.0523. The zero-order chi connectivity index (χ0) is 12.8. The fourth-order valence-corrected chi connectivity index (χ4v) is 3.95. The molecule has 1 fully saturated rings. The Hall–Kier alpha value is -0.520. The molecular formula is C13H19NO2S2. The van der Waals surface area contributed by atoms with Gasteiger partial charge in [-0.2, -0.15) is 0 Å². The SMILES string of the molecule is O=C(CSc1cccs1)NCC1(CO)CCCC1. The minimum Gasteiger partial charge on any atom is -0.396 e. The van der Waals surface area contributed by atoms with Crippen LogP contribution in [0.15, 0.2) is 21.7 Å². The summed E-state index contributed by atoms with van der Waals surface area (Å²) in [7, 11) is 0. The molecule has 0 aliphatic heterocycles. The summed E-state index contributed by atoms with van der Waals surface area (Å²) >= 11 is 3.22. The van der Waals surface area contributed by atoms with E-state index >= 15 is 0 Å². The molecule has 18 heavy (non-hydrogen) atoms. The van der Waals surface area contributed by atoms with E-state index in [4.69, 9.17) is 0 Å². The largest absolute Gasteiger partial charge is 0.396 e. The molecule has 0 spiro atoms. The molecule has 2 N–H and O–H groups in total. The summed E-state index contributed by atoms with van der Waals surface area (Å²) in [6, 6.07) is 4.01. The topological polar surface area (TPSA) is 49.3 Å². The zero-order valence-electron chi connectivity index (χ0n) is 10.4. The van der Waals surface area contributed by atoms with Gasteiger partial charge in [-0.15, -0.1) is 23.1 Å². The van der Waals surface area contributed by atoms with Gasteiger partial charge >= 0.3 is 0 Å². The fourth-order valence-electron chi connectivity index (χ4n) is 2.34. The van der Waals surface area contributed by atoms with Crippen LogP contribution in [0.1, 0.15) is 25.7 Å². The number of hydrogen-bond donors (Lipinski definition) is 2. The van der Waals surface area contributed by atoms with E-state index in [1.54, 1.807) is 23.1 Å². The monoisotopic (exact) mass is 285 g/mol. The van der Waals surface area contributed by atoms with Gasteiger partial charge < -0.3 is 10.4 Å². The number of hydrogen-bond acceptors (Lipinski definition) is 4. The normalized spacial score (nSPS) is 17.8. The summed E-state index contributed by atoms with van der Waals surface area (Å²) in [6.07, 6.45) is 4.39. The summed E-state index contributed by atoms with van der Waals surface area (Å²) in [4.78, 5) is 11.7. The van der Waals surface area contributed by atoms with Gasteiger partial charge in [-0.3, -0.25) is 4.79 Å².